The summed E-state index contributed by atoms with van der Waals surface area (Å²) in [6, 6.07) is 9.21. The van der Waals surface area contributed by atoms with Crippen LogP contribution in [-0.4, -0.2) is 21.8 Å². The van der Waals surface area contributed by atoms with Crippen molar-refractivity contribution in [2.24, 2.45) is 5.41 Å². The summed E-state index contributed by atoms with van der Waals surface area (Å²) < 4.78 is 0. The van der Waals surface area contributed by atoms with Crippen molar-refractivity contribution in [1.29, 1.82) is 0 Å². The summed E-state index contributed by atoms with van der Waals surface area (Å²) in [5.74, 6) is -1.16. The molecule has 1 aromatic rings. The van der Waals surface area contributed by atoms with Gasteiger partial charge < -0.3 is 10.2 Å². The topological polar surface area (TPSA) is 57.5 Å². The van der Waals surface area contributed by atoms with Gasteiger partial charge in [-0.3, -0.25) is 0 Å². The van der Waals surface area contributed by atoms with Gasteiger partial charge in [0, 0.05) is 6.42 Å². The van der Waals surface area contributed by atoms with Crippen LogP contribution in [0, 0.1) is 5.41 Å². The van der Waals surface area contributed by atoms with Crippen molar-refractivity contribution >= 4 is 5.97 Å². The average molecular weight is 236 g/mol. The number of rotatable bonds is 4. The highest BCUT2D eigenvalue weighted by molar-refractivity contribution is 5.77. The van der Waals surface area contributed by atoms with Crippen LogP contribution >= 0.6 is 0 Å². The molecule has 94 valence electrons. The van der Waals surface area contributed by atoms with E-state index in [1.807, 2.05) is 51.1 Å². The molecule has 0 aliphatic carbocycles. The van der Waals surface area contributed by atoms with Gasteiger partial charge in [0.05, 0.1) is 0 Å². The zero-order valence-corrected chi connectivity index (χ0v) is 10.6. The first-order valence-electron chi connectivity index (χ1n) is 5.73. The predicted octanol–water partition coefficient (Wildman–Crippen LogP) is 2.48. The molecule has 3 nitrogen and oxygen atoms in total. The Morgan fingerprint density at radius 3 is 2.12 bits per heavy atom. The molecule has 0 aromatic heterocycles. The Morgan fingerprint density at radius 1 is 1.18 bits per heavy atom. The Bertz CT molecular complexity index is 378. The Hall–Kier alpha value is -1.35. The third-order valence-electron chi connectivity index (χ3n) is 2.56. The fraction of sp³-hybridized carbons (Fsp3) is 0.500. The first-order chi connectivity index (χ1) is 7.73. The SMILES string of the molecule is CC(C)(C)CC(O)(Cc1ccccc1)C(=O)O. The number of aliphatic carboxylic acids is 1. The van der Waals surface area contributed by atoms with Gasteiger partial charge in [-0.1, -0.05) is 51.1 Å². The van der Waals surface area contributed by atoms with Crippen LogP contribution in [0.25, 0.3) is 0 Å². The first-order valence-corrected chi connectivity index (χ1v) is 5.73. The number of benzene rings is 1. The molecule has 1 atom stereocenters. The average Bonchev–Trinajstić information content (AvgIpc) is 2.15. The molecule has 1 aromatic carbocycles. The minimum atomic E-state index is -1.69. The number of carboxylic acids is 1. The van der Waals surface area contributed by atoms with Gasteiger partial charge in [0.2, 0.25) is 0 Å². The van der Waals surface area contributed by atoms with Crippen molar-refractivity contribution in [3.63, 3.8) is 0 Å². The lowest BCUT2D eigenvalue weighted by molar-refractivity contribution is -0.161. The van der Waals surface area contributed by atoms with Gasteiger partial charge in [-0.25, -0.2) is 4.79 Å². The Balaban J connectivity index is 2.90. The van der Waals surface area contributed by atoms with Crippen molar-refractivity contribution in [1.82, 2.24) is 0 Å². The van der Waals surface area contributed by atoms with Gasteiger partial charge in [0.25, 0.3) is 0 Å². The molecule has 1 unspecified atom stereocenters. The van der Waals surface area contributed by atoms with Gasteiger partial charge in [-0.05, 0) is 17.4 Å². The highest BCUT2D eigenvalue weighted by Gasteiger charge is 2.39. The highest BCUT2D eigenvalue weighted by Crippen LogP contribution is 2.30. The number of hydrogen-bond donors (Lipinski definition) is 2. The summed E-state index contributed by atoms with van der Waals surface area (Å²) in [6.07, 6.45) is 0.366. The Morgan fingerprint density at radius 2 is 1.71 bits per heavy atom. The van der Waals surface area contributed by atoms with Gasteiger partial charge in [0.1, 0.15) is 0 Å². The number of hydrogen-bond acceptors (Lipinski definition) is 2. The normalized spacial score (nSPS) is 15.3. The summed E-state index contributed by atoms with van der Waals surface area (Å²) in [5.41, 5.74) is -1.09. The van der Waals surface area contributed by atoms with Gasteiger partial charge in [0.15, 0.2) is 5.60 Å². The largest absolute Gasteiger partial charge is 0.479 e. The van der Waals surface area contributed by atoms with Crippen LogP contribution in [0.4, 0.5) is 0 Å². The first kappa shape index (κ1) is 13.7. The lowest BCUT2D eigenvalue weighted by Gasteiger charge is -2.30. The molecule has 17 heavy (non-hydrogen) atoms. The predicted molar refractivity (Wildman–Crippen MR) is 66.8 cm³/mol. The summed E-state index contributed by atoms with van der Waals surface area (Å²) in [5, 5.41) is 19.5. The van der Waals surface area contributed by atoms with E-state index in [0.29, 0.717) is 0 Å². The van der Waals surface area contributed by atoms with E-state index >= 15 is 0 Å². The molecular weight excluding hydrogens is 216 g/mol. The molecule has 0 amide bonds. The van der Waals surface area contributed by atoms with E-state index in [4.69, 9.17) is 0 Å². The second-order valence-electron chi connectivity index (χ2n) is 5.74. The molecule has 0 saturated carbocycles. The maximum atomic E-state index is 11.3. The smallest absolute Gasteiger partial charge is 0.336 e. The van der Waals surface area contributed by atoms with Crippen LogP contribution in [0.1, 0.15) is 32.8 Å². The Labute approximate surface area is 102 Å². The van der Waals surface area contributed by atoms with E-state index < -0.39 is 11.6 Å². The van der Waals surface area contributed by atoms with E-state index in [9.17, 15) is 15.0 Å². The molecule has 2 N–H and O–H groups in total. The highest BCUT2D eigenvalue weighted by atomic mass is 16.4. The van der Waals surface area contributed by atoms with Crippen LogP contribution in [0.2, 0.25) is 0 Å². The third kappa shape index (κ3) is 4.19. The molecule has 0 fully saturated rings. The quantitative estimate of drug-likeness (QED) is 0.844. The zero-order chi connectivity index (χ0) is 13.1. The minimum absolute atomic E-state index is 0.139. The Kier molecular flexibility index (Phi) is 3.94. The van der Waals surface area contributed by atoms with Gasteiger partial charge in [-0.2, -0.15) is 0 Å². The van der Waals surface area contributed by atoms with Crippen molar-refractivity contribution in [3.05, 3.63) is 35.9 Å². The second kappa shape index (κ2) is 4.88. The molecule has 0 bridgehead atoms. The summed E-state index contributed by atoms with van der Waals surface area (Å²) in [6.45, 7) is 5.77. The van der Waals surface area contributed by atoms with Gasteiger partial charge >= 0.3 is 5.97 Å². The van der Waals surface area contributed by atoms with Crippen molar-refractivity contribution in [2.75, 3.05) is 0 Å². The number of carbonyl (C=O) groups is 1. The second-order valence-corrected chi connectivity index (χ2v) is 5.74. The molecule has 0 saturated heterocycles. The van der Waals surface area contributed by atoms with Crippen LogP contribution in [-0.2, 0) is 11.2 Å². The molecule has 0 aliphatic rings. The van der Waals surface area contributed by atoms with Crippen LogP contribution < -0.4 is 0 Å². The van der Waals surface area contributed by atoms with Crippen molar-refractivity contribution in [2.45, 2.75) is 39.2 Å². The summed E-state index contributed by atoms with van der Waals surface area (Å²) in [4.78, 5) is 11.3. The molecule has 3 heteroatoms. The fourth-order valence-corrected chi connectivity index (χ4v) is 2.02. The van der Waals surface area contributed by atoms with Crippen LogP contribution in [0.3, 0.4) is 0 Å². The van der Waals surface area contributed by atoms with E-state index in [1.54, 1.807) is 0 Å². The molecule has 0 spiro atoms. The van der Waals surface area contributed by atoms with Crippen LogP contribution in [0.15, 0.2) is 30.3 Å². The lowest BCUT2D eigenvalue weighted by atomic mass is 9.79. The maximum absolute atomic E-state index is 11.3. The minimum Gasteiger partial charge on any atom is -0.479 e. The molecule has 0 radical (unpaired) electrons. The van der Waals surface area contributed by atoms with Crippen molar-refractivity contribution in [3.8, 4) is 0 Å². The molecule has 0 heterocycles. The van der Waals surface area contributed by atoms with E-state index in [1.165, 1.54) is 0 Å². The van der Waals surface area contributed by atoms with E-state index in [-0.39, 0.29) is 18.3 Å². The molecular formula is C14H20O3. The van der Waals surface area contributed by atoms with E-state index in [2.05, 4.69) is 0 Å². The number of aliphatic hydroxyl groups is 1. The lowest BCUT2D eigenvalue weighted by Crippen LogP contribution is -2.44. The van der Waals surface area contributed by atoms with Gasteiger partial charge in [-0.15, -0.1) is 0 Å². The standard InChI is InChI=1S/C14H20O3/c1-13(2,3)10-14(17,12(15)16)9-11-7-5-4-6-8-11/h4-8,17H,9-10H2,1-3H3,(H,15,16). The summed E-state index contributed by atoms with van der Waals surface area (Å²) >= 11 is 0. The molecule has 1 rings (SSSR count). The monoisotopic (exact) mass is 236 g/mol. The maximum Gasteiger partial charge on any atom is 0.336 e. The van der Waals surface area contributed by atoms with E-state index in [0.717, 1.165) is 5.56 Å². The van der Waals surface area contributed by atoms with Crippen molar-refractivity contribution < 1.29 is 15.0 Å². The molecule has 0 aliphatic heterocycles. The zero-order valence-electron chi connectivity index (χ0n) is 10.6. The number of carboxylic acid groups (broad SMARTS) is 1. The summed E-state index contributed by atoms with van der Waals surface area (Å²) in [7, 11) is 0. The third-order valence-corrected chi connectivity index (χ3v) is 2.56. The fourth-order valence-electron chi connectivity index (χ4n) is 2.02. The van der Waals surface area contributed by atoms with Crippen LogP contribution in [0.5, 0.6) is 0 Å².